The van der Waals surface area contributed by atoms with Crippen LogP contribution >= 0.6 is 0 Å². The molecule has 1 aliphatic rings. The normalized spacial score (nSPS) is 18.1. The van der Waals surface area contributed by atoms with E-state index in [9.17, 15) is 14.4 Å². The van der Waals surface area contributed by atoms with Crippen LogP contribution in [0.15, 0.2) is 24.3 Å². The molecule has 2 N–H and O–H groups in total. The summed E-state index contributed by atoms with van der Waals surface area (Å²) in [4.78, 5) is 35.8. The summed E-state index contributed by atoms with van der Waals surface area (Å²) in [7, 11) is 1.66. The predicted molar refractivity (Wildman–Crippen MR) is 72.2 cm³/mol. The predicted octanol–water partition coefficient (Wildman–Crippen LogP) is 0.730. The molecule has 1 aromatic rings. The number of nitrogens with zero attached hydrogens (tertiary/aromatic N) is 1. The van der Waals surface area contributed by atoms with E-state index in [1.165, 1.54) is 4.90 Å². The van der Waals surface area contributed by atoms with E-state index in [4.69, 9.17) is 5.11 Å². The van der Waals surface area contributed by atoms with Gasteiger partial charge in [-0.3, -0.25) is 14.4 Å². The van der Waals surface area contributed by atoms with Crippen LogP contribution in [-0.4, -0.2) is 41.4 Å². The van der Waals surface area contributed by atoms with Crippen molar-refractivity contribution in [2.45, 2.75) is 12.8 Å². The molecule has 0 spiro atoms. The van der Waals surface area contributed by atoms with Crippen LogP contribution < -0.4 is 5.32 Å². The minimum atomic E-state index is -0.956. The van der Waals surface area contributed by atoms with Gasteiger partial charge in [0.05, 0.1) is 12.3 Å². The zero-order chi connectivity index (χ0) is 14.7. The van der Waals surface area contributed by atoms with Gasteiger partial charge in [-0.2, -0.15) is 0 Å². The monoisotopic (exact) mass is 276 g/mol. The minimum Gasteiger partial charge on any atom is -0.481 e. The van der Waals surface area contributed by atoms with Crippen LogP contribution in [0.4, 0.5) is 5.69 Å². The van der Waals surface area contributed by atoms with Crippen LogP contribution in [-0.2, 0) is 20.8 Å². The van der Waals surface area contributed by atoms with Gasteiger partial charge in [-0.25, -0.2) is 0 Å². The summed E-state index contributed by atoms with van der Waals surface area (Å²) in [6.45, 7) is 0.395. The molecule has 2 rings (SSSR count). The second-order valence-electron chi connectivity index (χ2n) is 4.89. The molecule has 106 valence electrons. The topological polar surface area (TPSA) is 86.7 Å². The first-order valence-electron chi connectivity index (χ1n) is 6.32. The van der Waals surface area contributed by atoms with E-state index in [-0.39, 0.29) is 30.6 Å². The number of hydrogen-bond donors (Lipinski definition) is 2. The molecule has 0 saturated carbocycles. The van der Waals surface area contributed by atoms with Crippen molar-refractivity contribution < 1.29 is 19.5 Å². The van der Waals surface area contributed by atoms with Crippen LogP contribution in [0.25, 0.3) is 0 Å². The van der Waals surface area contributed by atoms with E-state index in [0.717, 1.165) is 0 Å². The Morgan fingerprint density at radius 1 is 1.40 bits per heavy atom. The molecule has 1 fully saturated rings. The Morgan fingerprint density at radius 3 is 2.70 bits per heavy atom. The number of carboxylic acid groups (broad SMARTS) is 1. The Morgan fingerprint density at radius 2 is 2.10 bits per heavy atom. The third-order valence-electron chi connectivity index (χ3n) is 3.33. The van der Waals surface area contributed by atoms with Gasteiger partial charge in [0.2, 0.25) is 11.8 Å². The molecule has 0 aliphatic carbocycles. The van der Waals surface area contributed by atoms with Crippen LogP contribution in [0, 0.1) is 5.92 Å². The average Bonchev–Trinajstić information content (AvgIpc) is 2.71. The van der Waals surface area contributed by atoms with E-state index < -0.39 is 5.97 Å². The molecule has 1 unspecified atom stereocenters. The number of anilines is 1. The zero-order valence-corrected chi connectivity index (χ0v) is 11.1. The first-order valence-corrected chi connectivity index (χ1v) is 6.32. The largest absolute Gasteiger partial charge is 0.481 e. The number of nitrogens with one attached hydrogen (secondary N) is 1. The number of carbonyl (C=O) groups is 3. The van der Waals surface area contributed by atoms with E-state index in [1.807, 2.05) is 0 Å². The average molecular weight is 276 g/mol. The Kier molecular flexibility index (Phi) is 4.02. The fraction of sp³-hybridized carbons (Fsp3) is 0.357. The molecule has 1 atom stereocenters. The van der Waals surface area contributed by atoms with Crippen molar-refractivity contribution in [3.8, 4) is 0 Å². The summed E-state index contributed by atoms with van der Waals surface area (Å²) < 4.78 is 0. The maximum atomic E-state index is 12.1. The molecule has 0 bridgehead atoms. The van der Waals surface area contributed by atoms with Gasteiger partial charge in [0.15, 0.2) is 0 Å². The highest BCUT2D eigenvalue weighted by Gasteiger charge is 2.32. The number of hydrogen-bond acceptors (Lipinski definition) is 3. The SMILES string of the molecule is CN1CC(C(=O)Nc2ccccc2CC(=O)O)CC1=O. The summed E-state index contributed by atoms with van der Waals surface area (Å²) in [5.41, 5.74) is 1.04. The second-order valence-corrected chi connectivity index (χ2v) is 4.89. The maximum absolute atomic E-state index is 12.1. The summed E-state index contributed by atoms with van der Waals surface area (Å²) in [6.07, 6.45) is 0.0450. The number of rotatable bonds is 4. The van der Waals surface area contributed by atoms with Gasteiger partial charge in [0.1, 0.15) is 0 Å². The molecule has 0 radical (unpaired) electrons. The van der Waals surface area contributed by atoms with E-state index in [0.29, 0.717) is 17.8 Å². The van der Waals surface area contributed by atoms with Crippen molar-refractivity contribution in [2.75, 3.05) is 18.9 Å². The summed E-state index contributed by atoms with van der Waals surface area (Å²) in [5.74, 6) is -1.64. The smallest absolute Gasteiger partial charge is 0.307 e. The van der Waals surface area contributed by atoms with Gasteiger partial charge in [0.25, 0.3) is 0 Å². The van der Waals surface area contributed by atoms with Crippen molar-refractivity contribution in [2.24, 2.45) is 5.92 Å². The first-order chi connectivity index (χ1) is 9.47. The number of likely N-dealkylation sites (tertiary alicyclic amines) is 1. The Labute approximate surface area is 116 Å². The van der Waals surface area contributed by atoms with Gasteiger partial charge >= 0.3 is 5.97 Å². The molecule has 20 heavy (non-hydrogen) atoms. The Hall–Kier alpha value is -2.37. The van der Waals surface area contributed by atoms with Gasteiger partial charge < -0.3 is 15.3 Å². The number of aliphatic carboxylic acids is 1. The number of para-hydroxylation sites is 1. The molecule has 1 aliphatic heterocycles. The fourth-order valence-corrected chi connectivity index (χ4v) is 2.23. The molecule has 6 nitrogen and oxygen atoms in total. The van der Waals surface area contributed by atoms with Crippen molar-refractivity contribution in [3.05, 3.63) is 29.8 Å². The zero-order valence-electron chi connectivity index (χ0n) is 11.1. The third kappa shape index (κ3) is 3.14. The van der Waals surface area contributed by atoms with Crippen LogP contribution in [0.3, 0.4) is 0 Å². The van der Waals surface area contributed by atoms with Gasteiger partial charge in [-0.05, 0) is 11.6 Å². The van der Waals surface area contributed by atoms with E-state index in [2.05, 4.69) is 5.32 Å². The van der Waals surface area contributed by atoms with Crippen molar-refractivity contribution in [1.29, 1.82) is 0 Å². The molecule has 0 aromatic heterocycles. The Balaban J connectivity index is 2.08. The van der Waals surface area contributed by atoms with E-state index >= 15 is 0 Å². The Bertz CT molecular complexity index is 556. The van der Waals surface area contributed by atoms with Crippen molar-refractivity contribution in [3.63, 3.8) is 0 Å². The lowest BCUT2D eigenvalue weighted by Gasteiger charge is -2.13. The quantitative estimate of drug-likeness (QED) is 0.848. The van der Waals surface area contributed by atoms with Crippen LogP contribution in [0.1, 0.15) is 12.0 Å². The molecular weight excluding hydrogens is 260 g/mol. The standard InChI is InChI=1S/C14H16N2O4/c1-16-8-10(6-12(16)17)14(20)15-11-5-3-2-4-9(11)7-13(18)19/h2-5,10H,6-8H2,1H3,(H,15,20)(H,18,19). The maximum Gasteiger partial charge on any atom is 0.307 e. The number of carbonyl (C=O) groups excluding carboxylic acids is 2. The van der Waals surface area contributed by atoms with Gasteiger partial charge in [0, 0.05) is 25.7 Å². The molecule has 1 aromatic carbocycles. The first kappa shape index (κ1) is 14.0. The van der Waals surface area contributed by atoms with Crippen LogP contribution in [0.2, 0.25) is 0 Å². The number of amides is 2. The van der Waals surface area contributed by atoms with Crippen molar-refractivity contribution in [1.82, 2.24) is 4.90 Å². The lowest BCUT2D eigenvalue weighted by molar-refractivity contribution is -0.136. The molecule has 1 heterocycles. The lowest BCUT2D eigenvalue weighted by atomic mass is 10.1. The molecular formula is C14H16N2O4. The number of benzene rings is 1. The molecule has 2 amide bonds. The molecule has 6 heteroatoms. The van der Waals surface area contributed by atoms with Crippen molar-refractivity contribution >= 4 is 23.5 Å². The summed E-state index contributed by atoms with van der Waals surface area (Å²) >= 11 is 0. The summed E-state index contributed by atoms with van der Waals surface area (Å²) in [5, 5.41) is 11.6. The third-order valence-corrected chi connectivity index (χ3v) is 3.33. The minimum absolute atomic E-state index is 0.0519. The van der Waals surface area contributed by atoms with Gasteiger partial charge in [-0.15, -0.1) is 0 Å². The second kappa shape index (κ2) is 5.73. The fourth-order valence-electron chi connectivity index (χ4n) is 2.23. The number of carboxylic acids is 1. The van der Waals surface area contributed by atoms with Gasteiger partial charge in [-0.1, -0.05) is 18.2 Å². The van der Waals surface area contributed by atoms with E-state index in [1.54, 1.807) is 31.3 Å². The highest BCUT2D eigenvalue weighted by Crippen LogP contribution is 2.21. The highest BCUT2D eigenvalue weighted by molar-refractivity contribution is 5.97. The lowest BCUT2D eigenvalue weighted by Crippen LogP contribution is -2.26. The molecule has 1 saturated heterocycles. The highest BCUT2D eigenvalue weighted by atomic mass is 16.4. The summed E-state index contributed by atoms with van der Waals surface area (Å²) in [6, 6.07) is 6.78. The van der Waals surface area contributed by atoms with Crippen LogP contribution in [0.5, 0.6) is 0 Å².